The number of methoxy groups -OCH3 is 1. The van der Waals surface area contributed by atoms with E-state index in [1.165, 1.54) is 0 Å². The average molecular weight is 215 g/mol. The lowest BCUT2D eigenvalue weighted by atomic mass is 10.3. The van der Waals surface area contributed by atoms with Crippen LogP contribution in [0.2, 0.25) is 0 Å². The van der Waals surface area contributed by atoms with Crippen molar-refractivity contribution in [1.29, 1.82) is 0 Å². The van der Waals surface area contributed by atoms with Gasteiger partial charge in [-0.25, -0.2) is 0 Å². The van der Waals surface area contributed by atoms with Crippen LogP contribution in [-0.2, 0) is 9.53 Å². The molecule has 4 nitrogen and oxygen atoms in total. The summed E-state index contributed by atoms with van der Waals surface area (Å²) < 4.78 is 4.92. The van der Waals surface area contributed by atoms with Crippen LogP contribution >= 0.6 is 0 Å². The maximum Gasteiger partial charge on any atom is 0.246 e. The Morgan fingerprint density at radius 2 is 2.07 bits per heavy atom. The van der Waals surface area contributed by atoms with Gasteiger partial charge in [0.15, 0.2) is 0 Å². The Bertz CT molecular complexity index is 210. The van der Waals surface area contributed by atoms with Crippen molar-refractivity contribution in [2.75, 3.05) is 33.4 Å². The molecular weight excluding hydrogens is 194 g/mol. The van der Waals surface area contributed by atoms with Crippen LogP contribution in [0.25, 0.3) is 0 Å². The van der Waals surface area contributed by atoms with E-state index in [9.17, 15) is 4.79 Å². The molecular formula is C11H21NO3. The fraction of sp³-hybridized carbons (Fsp3) is 0.727. The van der Waals surface area contributed by atoms with E-state index in [0.29, 0.717) is 19.7 Å². The molecule has 0 aliphatic heterocycles. The molecule has 0 aromatic carbocycles. The number of rotatable bonds is 7. The SMILES string of the molecule is COCCCN(CCO)C(=O)C=C(C)C. The molecule has 0 fully saturated rings. The van der Waals surface area contributed by atoms with Crippen molar-refractivity contribution < 1.29 is 14.6 Å². The van der Waals surface area contributed by atoms with E-state index < -0.39 is 0 Å². The molecule has 1 N–H and O–H groups in total. The topological polar surface area (TPSA) is 49.8 Å². The third-order valence-electron chi connectivity index (χ3n) is 1.87. The summed E-state index contributed by atoms with van der Waals surface area (Å²) in [5, 5.41) is 8.83. The molecule has 0 aromatic heterocycles. The molecule has 0 radical (unpaired) electrons. The first-order valence-corrected chi connectivity index (χ1v) is 5.15. The average Bonchev–Trinajstić information content (AvgIpc) is 2.15. The number of allylic oxidation sites excluding steroid dienone is 1. The Labute approximate surface area is 91.5 Å². The Kier molecular flexibility index (Phi) is 7.95. The number of amides is 1. The van der Waals surface area contributed by atoms with Crippen LogP contribution in [0, 0.1) is 0 Å². The zero-order valence-corrected chi connectivity index (χ0v) is 9.82. The number of aliphatic hydroxyl groups is 1. The number of hydrogen-bond acceptors (Lipinski definition) is 3. The molecule has 0 rings (SSSR count). The molecule has 0 spiro atoms. The molecule has 0 bridgehead atoms. The molecule has 0 atom stereocenters. The first-order valence-electron chi connectivity index (χ1n) is 5.15. The Morgan fingerprint density at radius 1 is 1.40 bits per heavy atom. The third-order valence-corrected chi connectivity index (χ3v) is 1.87. The third kappa shape index (κ3) is 7.11. The minimum Gasteiger partial charge on any atom is -0.395 e. The van der Waals surface area contributed by atoms with E-state index in [4.69, 9.17) is 9.84 Å². The highest BCUT2D eigenvalue weighted by Crippen LogP contribution is 1.98. The highest BCUT2D eigenvalue weighted by Gasteiger charge is 2.09. The van der Waals surface area contributed by atoms with Gasteiger partial charge in [0.2, 0.25) is 5.91 Å². The maximum absolute atomic E-state index is 11.6. The number of nitrogens with zero attached hydrogens (tertiary/aromatic N) is 1. The van der Waals surface area contributed by atoms with E-state index in [-0.39, 0.29) is 12.5 Å². The van der Waals surface area contributed by atoms with Gasteiger partial charge in [0.25, 0.3) is 0 Å². The van der Waals surface area contributed by atoms with Crippen LogP contribution < -0.4 is 0 Å². The lowest BCUT2D eigenvalue weighted by Crippen LogP contribution is -2.33. The Hall–Kier alpha value is -0.870. The summed E-state index contributed by atoms with van der Waals surface area (Å²) in [7, 11) is 1.63. The van der Waals surface area contributed by atoms with Crippen LogP contribution in [0.1, 0.15) is 20.3 Å². The predicted octanol–water partition coefficient (Wildman–Crippen LogP) is 0.810. The lowest BCUT2D eigenvalue weighted by molar-refractivity contribution is -0.126. The molecule has 0 heterocycles. The quantitative estimate of drug-likeness (QED) is 0.505. The van der Waals surface area contributed by atoms with Gasteiger partial charge in [0.1, 0.15) is 0 Å². The van der Waals surface area contributed by atoms with Crippen LogP contribution in [0.4, 0.5) is 0 Å². The van der Waals surface area contributed by atoms with Gasteiger partial charge in [0.05, 0.1) is 6.61 Å². The van der Waals surface area contributed by atoms with Crippen LogP contribution in [0.3, 0.4) is 0 Å². The molecule has 0 saturated heterocycles. The predicted molar refractivity (Wildman–Crippen MR) is 59.6 cm³/mol. The monoisotopic (exact) mass is 215 g/mol. The second-order valence-corrected chi connectivity index (χ2v) is 3.62. The highest BCUT2D eigenvalue weighted by atomic mass is 16.5. The maximum atomic E-state index is 11.6. The molecule has 4 heteroatoms. The van der Waals surface area contributed by atoms with Gasteiger partial charge in [-0.15, -0.1) is 0 Å². The van der Waals surface area contributed by atoms with E-state index in [2.05, 4.69) is 0 Å². The van der Waals surface area contributed by atoms with Gasteiger partial charge < -0.3 is 14.7 Å². The van der Waals surface area contributed by atoms with E-state index in [1.807, 2.05) is 13.8 Å². The minimum absolute atomic E-state index is 0.00464. The summed E-state index contributed by atoms with van der Waals surface area (Å²) in [4.78, 5) is 13.3. The van der Waals surface area contributed by atoms with Crippen molar-refractivity contribution in [1.82, 2.24) is 4.90 Å². The summed E-state index contributed by atoms with van der Waals surface area (Å²) in [6.07, 6.45) is 2.38. The van der Waals surface area contributed by atoms with Gasteiger partial charge in [-0.3, -0.25) is 4.79 Å². The number of ether oxygens (including phenoxy) is 1. The van der Waals surface area contributed by atoms with Crippen molar-refractivity contribution in [2.45, 2.75) is 20.3 Å². The normalized spacial score (nSPS) is 9.87. The van der Waals surface area contributed by atoms with Crippen molar-refractivity contribution in [3.05, 3.63) is 11.6 Å². The van der Waals surface area contributed by atoms with Crippen LogP contribution in [0.5, 0.6) is 0 Å². The van der Waals surface area contributed by atoms with Gasteiger partial charge in [0, 0.05) is 32.9 Å². The number of carbonyl (C=O) groups excluding carboxylic acids is 1. The first-order chi connectivity index (χ1) is 7.11. The molecule has 0 saturated carbocycles. The molecule has 0 aliphatic rings. The lowest BCUT2D eigenvalue weighted by Gasteiger charge is -2.20. The fourth-order valence-electron chi connectivity index (χ4n) is 1.19. The van der Waals surface area contributed by atoms with Crippen molar-refractivity contribution in [3.63, 3.8) is 0 Å². The Balaban J connectivity index is 4.12. The molecule has 0 unspecified atom stereocenters. The van der Waals surface area contributed by atoms with E-state index >= 15 is 0 Å². The van der Waals surface area contributed by atoms with Gasteiger partial charge in [-0.1, -0.05) is 5.57 Å². The summed E-state index contributed by atoms with van der Waals surface area (Å²) in [6.45, 7) is 5.39. The first kappa shape index (κ1) is 14.1. The van der Waals surface area contributed by atoms with Crippen molar-refractivity contribution >= 4 is 5.91 Å². The number of hydrogen-bond donors (Lipinski definition) is 1. The molecule has 1 amide bonds. The highest BCUT2D eigenvalue weighted by molar-refractivity contribution is 5.88. The summed E-state index contributed by atoms with van der Waals surface area (Å²) in [5.74, 6) is -0.0415. The molecule has 15 heavy (non-hydrogen) atoms. The smallest absolute Gasteiger partial charge is 0.246 e. The fourth-order valence-corrected chi connectivity index (χ4v) is 1.19. The second-order valence-electron chi connectivity index (χ2n) is 3.62. The molecule has 88 valence electrons. The number of carbonyl (C=O) groups is 1. The standard InChI is InChI=1S/C11H21NO3/c1-10(2)9-11(14)12(6-7-13)5-4-8-15-3/h9,13H,4-8H2,1-3H3. The van der Waals surface area contributed by atoms with E-state index in [1.54, 1.807) is 18.1 Å². The summed E-state index contributed by atoms with van der Waals surface area (Å²) in [5.41, 5.74) is 0.967. The largest absolute Gasteiger partial charge is 0.395 e. The molecule has 0 aromatic rings. The second kappa shape index (κ2) is 8.44. The van der Waals surface area contributed by atoms with Gasteiger partial charge in [-0.2, -0.15) is 0 Å². The van der Waals surface area contributed by atoms with Crippen molar-refractivity contribution in [2.24, 2.45) is 0 Å². The van der Waals surface area contributed by atoms with Crippen LogP contribution in [-0.4, -0.2) is 49.3 Å². The zero-order valence-electron chi connectivity index (χ0n) is 9.82. The van der Waals surface area contributed by atoms with Gasteiger partial charge >= 0.3 is 0 Å². The summed E-state index contributed by atoms with van der Waals surface area (Å²) >= 11 is 0. The molecule has 0 aliphatic carbocycles. The summed E-state index contributed by atoms with van der Waals surface area (Å²) in [6, 6.07) is 0. The van der Waals surface area contributed by atoms with Crippen LogP contribution in [0.15, 0.2) is 11.6 Å². The van der Waals surface area contributed by atoms with E-state index in [0.717, 1.165) is 12.0 Å². The van der Waals surface area contributed by atoms with Gasteiger partial charge in [-0.05, 0) is 20.3 Å². The number of aliphatic hydroxyl groups excluding tert-OH is 1. The zero-order chi connectivity index (χ0) is 11.7. The minimum atomic E-state index is -0.0415. The Morgan fingerprint density at radius 3 is 2.53 bits per heavy atom. The van der Waals surface area contributed by atoms with Crippen molar-refractivity contribution in [3.8, 4) is 0 Å².